The third-order valence-corrected chi connectivity index (χ3v) is 1.85. The highest BCUT2D eigenvalue weighted by molar-refractivity contribution is 6.04. The Morgan fingerprint density at radius 2 is 1.87 bits per heavy atom. The number of rotatable bonds is 4. The van der Waals surface area contributed by atoms with Gasteiger partial charge < -0.3 is 10.5 Å². The first kappa shape index (κ1) is 11.2. The first-order valence-electron chi connectivity index (χ1n) is 4.72. The molecule has 0 saturated heterocycles. The second kappa shape index (κ2) is 5.14. The molecule has 1 aromatic rings. The average Bonchev–Trinajstić information content (AvgIpc) is 2.25. The van der Waals surface area contributed by atoms with E-state index in [9.17, 15) is 9.59 Å². The van der Waals surface area contributed by atoms with E-state index in [-0.39, 0.29) is 11.1 Å². The van der Waals surface area contributed by atoms with Crippen LogP contribution in [0.2, 0.25) is 0 Å². The van der Waals surface area contributed by atoms with Crippen LogP contribution in [0.25, 0.3) is 0 Å². The van der Waals surface area contributed by atoms with Crippen molar-refractivity contribution in [2.75, 3.05) is 6.61 Å². The lowest BCUT2D eigenvalue weighted by Crippen LogP contribution is -2.17. The summed E-state index contributed by atoms with van der Waals surface area (Å²) in [5, 5.41) is 0. The van der Waals surface area contributed by atoms with Gasteiger partial charge in [-0.3, -0.25) is 4.79 Å². The van der Waals surface area contributed by atoms with Crippen molar-refractivity contribution in [3.63, 3.8) is 0 Å². The molecule has 1 aromatic carbocycles. The van der Waals surface area contributed by atoms with Crippen molar-refractivity contribution in [3.8, 4) is 0 Å². The first-order valence-corrected chi connectivity index (χ1v) is 4.72. The summed E-state index contributed by atoms with van der Waals surface area (Å²) in [6.45, 7) is 2.24. The fourth-order valence-electron chi connectivity index (χ4n) is 1.15. The normalized spacial score (nSPS) is 9.67. The summed E-state index contributed by atoms with van der Waals surface area (Å²) in [4.78, 5) is 22.5. The number of ether oxygens (including phenoxy) is 1. The minimum atomic E-state index is -0.626. The molecule has 4 heteroatoms. The molecule has 80 valence electrons. The minimum Gasteiger partial charge on any atom is -0.462 e. The molecule has 0 heterocycles. The van der Waals surface area contributed by atoms with Crippen LogP contribution >= 0.6 is 0 Å². The van der Waals surface area contributed by atoms with Crippen LogP contribution in [-0.4, -0.2) is 18.5 Å². The summed E-state index contributed by atoms with van der Waals surface area (Å²) in [6.07, 6.45) is 0.741. The van der Waals surface area contributed by atoms with E-state index in [4.69, 9.17) is 10.5 Å². The third kappa shape index (κ3) is 2.80. The summed E-state index contributed by atoms with van der Waals surface area (Å²) in [6, 6.07) is 6.34. The Bertz CT molecular complexity index is 374. The highest BCUT2D eigenvalue weighted by atomic mass is 16.5. The maximum atomic E-state index is 11.5. The van der Waals surface area contributed by atoms with E-state index in [0.717, 1.165) is 6.42 Å². The SMILES string of the molecule is CCCOC(=O)c1ccccc1C(N)=O. The Morgan fingerprint density at radius 1 is 1.27 bits per heavy atom. The lowest BCUT2D eigenvalue weighted by atomic mass is 10.1. The largest absolute Gasteiger partial charge is 0.462 e. The first-order chi connectivity index (χ1) is 7.16. The highest BCUT2D eigenvalue weighted by Gasteiger charge is 2.14. The van der Waals surface area contributed by atoms with Gasteiger partial charge in [0.05, 0.1) is 17.7 Å². The molecule has 15 heavy (non-hydrogen) atoms. The molecule has 0 aromatic heterocycles. The Hall–Kier alpha value is -1.84. The minimum absolute atomic E-state index is 0.193. The lowest BCUT2D eigenvalue weighted by molar-refractivity contribution is 0.0502. The maximum Gasteiger partial charge on any atom is 0.338 e. The standard InChI is InChI=1S/C11H13NO3/c1-2-7-15-11(14)9-6-4-3-5-8(9)10(12)13/h3-6H,2,7H2,1H3,(H2,12,13). The predicted octanol–water partition coefficient (Wildman–Crippen LogP) is 1.35. The van der Waals surface area contributed by atoms with E-state index in [1.54, 1.807) is 12.1 Å². The number of hydrogen-bond acceptors (Lipinski definition) is 3. The number of benzene rings is 1. The van der Waals surface area contributed by atoms with E-state index in [1.807, 2.05) is 6.92 Å². The van der Waals surface area contributed by atoms with Crippen molar-refractivity contribution in [3.05, 3.63) is 35.4 Å². The number of carbonyl (C=O) groups excluding carboxylic acids is 2. The van der Waals surface area contributed by atoms with Crippen LogP contribution < -0.4 is 5.73 Å². The monoisotopic (exact) mass is 207 g/mol. The van der Waals surface area contributed by atoms with Crippen molar-refractivity contribution in [1.29, 1.82) is 0 Å². The number of primary amides is 1. The smallest absolute Gasteiger partial charge is 0.338 e. The van der Waals surface area contributed by atoms with Gasteiger partial charge in [0.25, 0.3) is 0 Å². The van der Waals surface area contributed by atoms with Crippen LogP contribution in [0.3, 0.4) is 0 Å². The van der Waals surface area contributed by atoms with Crippen LogP contribution in [-0.2, 0) is 4.74 Å². The molecule has 0 aliphatic carbocycles. The lowest BCUT2D eigenvalue weighted by Gasteiger charge is -2.05. The molecular weight excluding hydrogens is 194 g/mol. The Balaban J connectivity index is 2.92. The summed E-state index contributed by atoms with van der Waals surface area (Å²) in [5.74, 6) is -1.13. The Kier molecular flexibility index (Phi) is 3.85. The molecule has 0 saturated carbocycles. The van der Waals surface area contributed by atoms with Crippen LogP contribution in [0.1, 0.15) is 34.1 Å². The van der Waals surface area contributed by atoms with Gasteiger partial charge in [0.1, 0.15) is 0 Å². The van der Waals surface area contributed by atoms with Gasteiger partial charge in [-0.05, 0) is 18.6 Å². The quantitative estimate of drug-likeness (QED) is 0.757. The molecule has 1 amide bonds. The zero-order valence-corrected chi connectivity index (χ0v) is 8.53. The van der Waals surface area contributed by atoms with Crippen molar-refractivity contribution in [2.45, 2.75) is 13.3 Å². The molecule has 2 N–H and O–H groups in total. The Labute approximate surface area is 88.0 Å². The zero-order chi connectivity index (χ0) is 11.3. The molecule has 0 aliphatic rings. The summed E-state index contributed by atoms with van der Waals surface area (Å²) >= 11 is 0. The van der Waals surface area contributed by atoms with E-state index >= 15 is 0 Å². The molecule has 4 nitrogen and oxygen atoms in total. The van der Waals surface area contributed by atoms with Crippen molar-refractivity contribution in [1.82, 2.24) is 0 Å². The Morgan fingerprint density at radius 3 is 2.40 bits per heavy atom. The van der Waals surface area contributed by atoms with Gasteiger partial charge in [-0.25, -0.2) is 4.79 Å². The van der Waals surface area contributed by atoms with Crippen LogP contribution in [0.15, 0.2) is 24.3 Å². The maximum absolute atomic E-state index is 11.5. The van der Waals surface area contributed by atoms with Crippen LogP contribution in [0, 0.1) is 0 Å². The van der Waals surface area contributed by atoms with Gasteiger partial charge in [0.15, 0.2) is 0 Å². The topological polar surface area (TPSA) is 69.4 Å². The molecule has 0 spiro atoms. The molecular formula is C11H13NO3. The van der Waals surface area contributed by atoms with Crippen LogP contribution in [0.5, 0.6) is 0 Å². The van der Waals surface area contributed by atoms with Crippen molar-refractivity contribution >= 4 is 11.9 Å². The average molecular weight is 207 g/mol. The van der Waals surface area contributed by atoms with Gasteiger partial charge in [-0.1, -0.05) is 19.1 Å². The molecule has 0 radical (unpaired) electrons. The van der Waals surface area contributed by atoms with E-state index in [2.05, 4.69) is 0 Å². The molecule has 0 unspecified atom stereocenters. The number of hydrogen-bond donors (Lipinski definition) is 1. The van der Waals surface area contributed by atoms with Gasteiger partial charge in [-0.2, -0.15) is 0 Å². The van der Waals surface area contributed by atoms with Gasteiger partial charge in [0, 0.05) is 0 Å². The molecule has 0 bridgehead atoms. The van der Waals surface area contributed by atoms with E-state index in [1.165, 1.54) is 12.1 Å². The van der Waals surface area contributed by atoms with Crippen molar-refractivity contribution < 1.29 is 14.3 Å². The number of amides is 1. The fourth-order valence-corrected chi connectivity index (χ4v) is 1.15. The molecule has 1 rings (SSSR count). The van der Waals surface area contributed by atoms with Crippen LogP contribution in [0.4, 0.5) is 0 Å². The predicted molar refractivity (Wildman–Crippen MR) is 55.5 cm³/mol. The van der Waals surface area contributed by atoms with Gasteiger partial charge in [0.2, 0.25) is 5.91 Å². The molecule has 0 fully saturated rings. The van der Waals surface area contributed by atoms with Crippen molar-refractivity contribution in [2.24, 2.45) is 5.73 Å². The molecule has 0 aliphatic heterocycles. The van der Waals surface area contributed by atoms with E-state index < -0.39 is 11.9 Å². The third-order valence-electron chi connectivity index (χ3n) is 1.85. The summed E-state index contributed by atoms with van der Waals surface area (Å²) in [7, 11) is 0. The zero-order valence-electron chi connectivity index (χ0n) is 8.53. The number of nitrogens with two attached hydrogens (primary N) is 1. The summed E-state index contributed by atoms with van der Waals surface area (Å²) < 4.78 is 4.92. The van der Waals surface area contributed by atoms with E-state index in [0.29, 0.717) is 6.61 Å². The fraction of sp³-hybridized carbons (Fsp3) is 0.273. The van der Waals surface area contributed by atoms with Gasteiger partial charge >= 0.3 is 5.97 Å². The molecule has 0 atom stereocenters. The second-order valence-electron chi connectivity index (χ2n) is 3.05. The number of esters is 1. The second-order valence-corrected chi connectivity index (χ2v) is 3.05. The van der Waals surface area contributed by atoms with Gasteiger partial charge in [-0.15, -0.1) is 0 Å². The summed E-state index contributed by atoms with van der Waals surface area (Å²) in [5.41, 5.74) is 5.55. The number of carbonyl (C=O) groups is 2. The highest BCUT2D eigenvalue weighted by Crippen LogP contribution is 2.09.